The van der Waals surface area contributed by atoms with Crippen LogP contribution in [0.5, 0.6) is 11.5 Å². The molecule has 0 spiro atoms. The summed E-state index contributed by atoms with van der Waals surface area (Å²) >= 11 is 0. The quantitative estimate of drug-likeness (QED) is 0.677. The number of hydrogen-bond acceptors (Lipinski definition) is 3. The minimum absolute atomic E-state index is 0.318. The highest BCUT2D eigenvalue weighted by Gasteiger charge is 2.14. The third-order valence-corrected chi connectivity index (χ3v) is 3.94. The summed E-state index contributed by atoms with van der Waals surface area (Å²) in [6.07, 6.45) is 6.25. The lowest BCUT2D eigenvalue weighted by molar-refractivity contribution is 0.352. The summed E-state index contributed by atoms with van der Waals surface area (Å²) in [5, 5.41) is 3.76. The highest BCUT2D eigenvalue weighted by molar-refractivity contribution is 5.43. The molecule has 2 unspecified atom stereocenters. The lowest BCUT2D eigenvalue weighted by Gasteiger charge is -2.24. The molecule has 0 aliphatic rings. The van der Waals surface area contributed by atoms with E-state index in [-0.39, 0.29) is 0 Å². The van der Waals surface area contributed by atoms with Crippen LogP contribution >= 0.6 is 0 Å². The summed E-state index contributed by atoms with van der Waals surface area (Å²) in [5.41, 5.74) is 1.24. The monoisotopic (exact) mass is 293 g/mol. The van der Waals surface area contributed by atoms with E-state index in [1.54, 1.807) is 14.2 Å². The number of hydrogen-bond donors (Lipinski definition) is 1. The van der Waals surface area contributed by atoms with Crippen molar-refractivity contribution in [3.63, 3.8) is 0 Å². The summed E-state index contributed by atoms with van der Waals surface area (Å²) in [6, 6.07) is 7.07. The Morgan fingerprint density at radius 1 is 1.00 bits per heavy atom. The van der Waals surface area contributed by atoms with E-state index in [9.17, 15) is 0 Å². The van der Waals surface area contributed by atoms with Crippen LogP contribution in [0.3, 0.4) is 0 Å². The minimum atomic E-state index is 0.318. The first-order valence-electron chi connectivity index (χ1n) is 8.14. The van der Waals surface area contributed by atoms with Crippen molar-refractivity contribution in [2.45, 2.75) is 65.0 Å². The van der Waals surface area contributed by atoms with Crippen LogP contribution in [0.25, 0.3) is 0 Å². The Kier molecular flexibility index (Phi) is 8.21. The average molecular weight is 293 g/mol. The van der Waals surface area contributed by atoms with Gasteiger partial charge in [0, 0.05) is 12.1 Å². The summed E-state index contributed by atoms with van der Waals surface area (Å²) in [5.74, 6) is 1.58. The second kappa shape index (κ2) is 9.67. The van der Waals surface area contributed by atoms with E-state index < -0.39 is 0 Å². The second-order valence-electron chi connectivity index (χ2n) is 5.63. The molecule has 0 heterocycles. The molecule has 2 atom stereocenters. The molecule has 3 heteroatoms. The van der Waals surface area contributed by atoms with Gasteiger partial charge in [0.1, 0.15) is 0 Å². The predicted octanol–water partition coefficient (Wildman–Crippen LogP) is 4.71. The molecule has 120 valence electrons. The Hall–Kier alpha value is -1.22. The fourth-order valence-corrected chi connectivity index (χ4v) is 2.68. The normalized spacial score (nSPS) is 13.8. The van der Waals surface area contributed by atoms with Gasteiger partial charge in [0.25, 0.3) is 0 Å². The molecule has 0 aromatic heterocycles. The van der Waals surface area contributed by atoms with Gasteiger partial charge in [-0.1, -0.05) is 39.2 Å². The van der Waals surface area contributed by atoms with Gasteiger partial charge in [-0.3, -0.25) is 0 Å². The van der Waals surface area contributed by atoms with Gasteiger partial charge in [-0.25, -0.2) is 0 Å². The van der Waals surface area contributed by atoms with Crippen molar-refractivity contribution in [1.82, 2.24) is 5.32 Å². The zero-order chi connectivity index (χ0) is 15.7. The summed E-state index contributed by atoms with van der Waals surface area (Å²) in [7, 11) is 3.35. The van der Waals surface area contributed by atoms with Crippen molar-refractivity contribution in [3.05, 3.63) is 23.8 Å². The Bertz CT molecular complexity index is 406. The Morgan fingerprint density at radius 3 is 2.29 bits per heavy atom. The summed E-state index contributed by atoms with van der Waals surface area (Å²) in [6.45, 7) is 6.72. The van der Waals surface area contributed by atoms with Crippen molar-refractivity contribution in [1.29, 1.82) is 0 Å². The number of nitrogens with one attached hydrogen (secondary N) is 1. The molecular formula is C18H31NO2. The Labute approximate surface area is 130 Å². The molecule has 0 saturated carbocycles. The van der Waals surface area contributed by atoms with Crippen LogP contribution < -0.4 is 14.8 Å². The molecule has 0 bridgehead atoms. The summed E-state index contributed by atoms with van der Waals surface area (Å²) in [4.78, 5) is 0. The molecule has 0 radical (unpaired) electrons. The van der Waals surface area contributed by atoms with Crippen molar-refractivity contribution in [2.75, 3.05) is 14.2 Å². The Balaban J connectivity index is 2.74. The van der Waals surface area contributed by atoms with E-state index in [2.05, 4.69) is 38.2 Å². The first-order valence-corrected chi connectivity index (χ1v) is 8.14. The number of ether oxygens (including phenoxy) is 2. The number of unbranched alkanes of at least 4 members (excludes halogenated alkanes) is 1. The van der Waals surface area contributed by atoms with Crippen LogP contribution in [0.4, 0.5) is 0 Å². The van der Waals surface area contributed by atoms with Gasteiger partial charge in [0.2, 0.25) is 0 Å². The van der Waals surface area contributed by atoms with E-state index >= 15 is 0 Å². The number of rotatable bonds is 10. The molecule has 0 aliphatic heterocycles. The van der Waals surface area contributed by atoms with Crippen LogP contribution in [0, 0.1) is 0 Å². The third-order valence-electron chi connectivity index (χ3n) is 3.94. The van der Waals surface area contributed by atoms with Crippen LogP contribution in [-0.4, -0.2) is 20.3 Å². The maximum Gasteiger partial charge on any atom is 0.161 e. The van der Waals surface area contributed by atoms with Gasteiger partial charge in [-0.15, -0.1) is 0 Å². The lowest BCUT2D eigenvalue weighted by atomic mass is 10.0. The second-order valence-corrected chi connectivity index (χ2v) is 5.63. The van der Waals surface area contributed by atoms with Crippen LogP contribution in [0.1, 0.15) is 64.5 Å². The molecule has 21 heavy (non-hydrogen) atoms. The Morgan fingerprint density at radius 2 is 1.71 bits per heavy atom. The van der Waals surface area contributed by atoms with Gasteiger partial charge < -0.3 is 14.8 Å². The number of benzene rings is 1. The lowest BCUT2D eigenvalue weighted by Crippen LogP contribution is -2.31. The van der Waals surface area contributed by atoms with E-state index in [1.165, 1.54) is 37.7 Å². The van der Waals surface area contributed by atoms with Crippen LogP contribution in [-0.2, 0) is 0 Å². The predicted molar refractivity (Wildman–Crippen MR) is 89.3 cm³/mol. The van der Waals surface area contributed by atoms with E-state index in [0.717, 1.165) is 11.5 Å². The van der Waals surface area contributed by atoms with Gasteiger partial charge >= 0.3 is 0 Å². The van der Waals surface area contributed by atoms with E-state index in [4.69, 9.17) is 9.47 Å². The SMILES string of the molecule is CCCCC(CCC)NC(C)c1ccc(OC)c(OC)c1. The number of methoxy groups -OCH3 is 2. The highest BCUT2D eigenvalue weighted by Crippen LogP contribution is 2.30. The van der Waals surface area contributed by atoms with Crippen molar-refractivity contribution in [2.24, 2.45) is 0 Å². The zero-order valence-electron chi connectivity index (χ0n) is 14.2. The van der Waals surface area contributed by atoms with Gasteiger partial charge in [-0.05, 0) is 37.5 Å². The van der Waals surface area contributed by atoms with Gasteiger partial charge in [0.05, 0.1) is 14.2 Å². The molecule has 3 nitrogen and oxygen atoms in total. The van der Waals surface area contributed by atoms with E-state index in [0.29, 0.717) is 12.1 Å². The molecule has 0 aliphatic carbocycles. The summed E-state index contributed by atoms with van der Waals surface area (Å²) < 4.78 is 10.7. The molecule has 1 rings (SSSR count). The van der Waals surface area contributed by atoms with Gasteiger partial charge in [-0.2, -0.15) is 0 Å². The standard InChI is InChI=1S/C18H31NO2/c1-6-8-10-16(9-7-2)19-14(3)15-11-12-17(20-4)18(13-15)21-5/h11-14,16,19H,6-10H2,1-5H3. The van der Waals surface area contributed by atoms with Crippen molar-refractivity contribution in [3.8, 4) is 11.5 Å². The molecule has 1 N–H and O–H groups in total. The molecule has 0 amide bonds. The minimum Gasteiger partial charge on any atom is -0.493 e. The fraction of sp³-hybridized carbons (Fsp3) is 0.667. The van der Waals surface area contributed by atoms with Crippen molar-refractivity contribution < 1.29 is 9.47 Å². The smallest absolute Gasteiger partial charge is 0.161 e. The molecule has 0 saturated heterocycles. The van der Waals surface area contributed by atoms with Crippen LogP contribution in [0.2, 0.25) is 0 Å². The first kappa shape index (κ1) is 17.8. The highest BCUT2D eigenvalue weighted by atomic mass is 16.5. The fourth-order valence-electron chi connectivity index (χ4n) is 2.68. The molecular weight excluding hydrogens is 262 g/mol. The first-order chi connectivity index (χ1) is 10.2. The van der Waals surface area contributed by atoms with Crippen LogP contribution in [0.15, 0.2) is 18.2 Å². The molecule has 1 aromatic carbocycles. The van der Waals surface area contributed by atoms with E-state index in [1.807, 2.05) is 6.07 Å². The molecule has 0 fully saturated rings. The maximum atomic E-state index is 5.39. The maximum absolute atomic E-state index is 5.39. The largest absolute Gasteiger partial charge is 0.493 e. The van der Waals surface area contributed by atoms with Gasteiger partial charge in [0.15, 0.2) is 11.5 Å². The van der Waals surface area contributed by atoms with Crippen molar-refractivity contribution >= 4 is 0 Å². The molecule has 1 aromatic rings. The average Bonchev–Trinajstić information content (AvgIpc) is 2.51. The topological polar surface area (TPSA) is 30.5 Å². The third kappa shape index (κ3) is 5.58. The zero-order valence-corrected chi connectivity index (χ0v) is 14.2.